The minimum absolute atomic E-state index is 0.855. The van der Waals surface area contributed by atoms with Gasteiger partial charge in [0.2, 0.25) is 0 Å². The van der Waals surface area contributed by atoms with Gasteiger partial charge < -0.3 is 20.6 Å². The summed E-state index contributed by atoms with van der Waals surface area (Å²) < 4.78 is 39.9. The molecule has 4 atom stereocenters. The van der Waals surface area contributed by atoms with E-state index in [1.807, 2.05) is 0 Å². The van der Waals surface area contributed by atoms with Gasteiger partial charge in [-0.3, -0.25) is 0 Å². The molecular weight excluding hydrogens is 1050 g/mol. The van der Waals surface area contributed by atoms with Crippen molar-refractivity contribution in [2.75, 3.05) is 0 Å². The number of fused-ring (bicyclic) bond motifs is 5. The quantitative estimate of drug-likeness (QED) is 0.0712. The molecule has 79 heavy (non-hydrogen) atoms. The van der Waals surface area contributed by atoms with Gasteiger partial charge in [0.25, 0.3) is 0 Å². The molecule has 404 valence electrons. The fraction of sp³-hybridized carbons (Fsp3) is 0.275. The zero-order valence-corrected chi connectivity index (χ0v) is 52.1. The Kier molecular flexibility index (Phi) is 17.5. The molecular formula is C69H78O5Si5. The Hall–Kier alpha value is -5.62. The summed E-state index contributed by atoms with van der Waals surface area (Å²) in [6.45, 7) is 9.52. The molecule has 11 rings (SSSR count). The summed E-state index contributed by atoms with van der Waals surface area (Å²) in [6.07, 6.45) is 9.59. The van der Waals surface area contributed by atoms with E-state index < -0.39 is 43.5 Å². The molecule has 1 heterocycles. The Morgan fingerprint density at radius 2 is 0.494 bits per heavy atom. The van der Waals surface area contributed by atoms with E-state index in [-0.39, 0.29) is 0 Å². The zero-order chi connectivity index (χ0) is 54.1. The van der Waals surface area contributed by atoms with Crippen LogP contribution in [0.15, 0.2) is 212 Å². The van der Waals surface area contributed by atoms with Crippen molar-refractivity contribution in [2.24, 2.45) is 0 Å². The van der Waals surface area contributed by atoms with Gasteiger partial charge in [0, 0.05) is 0 Å². The molecule has 0 radical (unpaired) electrons. The summed E-state index contributed by atoms with van der Waals surface area (Å²) in [5.41, 5.74) is 6.91. The molecule has 0 amide bonds. The summed E-state index contributed by atoms with van der Waals surface area (Å²) in [4.78, 5) is 0. The average Bonchev–Trinajstić information content (AvgIpc) is 3.53. The topological polar surface area (TPSA) is 46.2 Å². The highest BCUT2D eigenvalue weighted by molar-refractivity contribution is 6.91. The molecule has 10 heteroatoms. The van der Waals surface area contributed by atoms with Crippen LogP contribution in [0.4, 0.5) is 0 Å². The van der Waals surface area contributed by atoms with Gasteiger partial charge >= 0.3 is 43.5 Å². The van der Waals surface area contributed by atoms with Crippen molar-refractivity contribution in [3.63, 3.8) is 0 Å². The molecule has 1 aliphatic rings. The monoisotopic (exact) mass is 1130 g/mol. The Balaban J connectivity index is 0.956. The largest absolute Gasteiger partial charge is 0.418 e. The molecule has 0 aliphatic carbocycles. The lowest BCUT2D eigenvalue weighted by molar-refractivity contribution is 0.231. The van der Waals surface area contributed by atoms with Crippen molar-refractivity contribution in [1.29, 1.82) is 0 Å². The third kappa shape index (κ3) is 13.8. The Bertz CT molecular complexity index is 3460. The maximum absolute atomic E-state index is 8.06. The molecule has 0 spiro atoms. The highest BCUT2D eigenvalue weighted by Gasteiger charge is 2.54. The lowest BCUT2D eigenvalue weighted by atomic mass is 10.0. The van der Waals surface area contributed by atoms with Gasteiger partial charge in [-0.15, -0.1) is 0 Å². The van der Waals surface area contributed by atoms with Gasteiger partial charge in [-0.1, -0.05) is 212 Å². The van der Waals surface area contributed by atoms with Gasteiger partial charge in [-0.05, 0) is 202 Å². The number of rotatable bonds is 20. The van der Waals surface area contributed by atoms with E-state index in [9.17, 15) is 0 Å². The third-order valence-electron chi connectivity index (χ3n) is 16.7. The molecule has 4 unspecified atom stereocenters. The van der Waals surface area contributed by atoms with Crippen LogP contribution >= 0.6 is 0 Å². The number of hydrogen-bond acceptors (Lipinski definition) is 5. The maximum Gasteiger partial charge on any atom is 0.317 e. The van der Waals surface area contributed by atoms with Gasteiger partial charge in [-0.2, -0.15) is 0 Å². The first kappa shape index (κ1) is 55.3. The maximum atomic E-state index is 8.06. The van der Waals surface area contributed by atoms with E-state index >= 15 is 0 Å². The van der Waals surface area contributed by atoms with Crippen molar-refractivity contribution in [3.8, 4) is 0 Å². The number of benzene rings is 10. The SMILES string of the molecule is C[Si]1(CCCc2cccc3ccccc23)O[SiH](CCCc2cccc3ccccc23)O[Si](C)(CCCc2cccc3ccccc23)O[Si](C)(CCCc2cccc3ccccc23)O[Si](C)(CCCc2cccc3ccccc23)O1. The molecule has 5 nitrogen and oxygen atoms in total. The molecule has 0 N–H and O–H groups in total. The van der Waals surface area contributed by atoms with Crippen LogP contribution in [-0.2, 0) is 52.7 Å². The summed E-state index contributed by atoms with van der Waals surface area (Å²) in [7, 11) is -14.7. The van der Waals surface area contributed by atoms with Gasteiger partial charge in [0.1, 0.15) is 0 Å². The molecule has 10 aromatic carbocycles. The van der Waals surface area contributed by atoms with Crippen LogP contribution in [0.3, 0.4) is 0 Å². The zero-order valence-electron chi connectivity index (χ0n) is 46.9. The number of hydrogen-bond donors (Lipinski definition) is 0. The van der Waals surface area contributed by atoms with E-state index in [0.29, 0.717) is 0 Å². The number of aryl methyl sites for hydroxylation is 5. The third-order valence-corrected chi connectivity index (χ3v) is 39.0. The van der Waals surface area contributed by atoms with Gasteiger partial charge in [-0.25, -0.2) is 0 Å². The van der Waals surface area contributed by atoms with E-state index in [1.54, 1.807) is 0 Å². The molecule has 1 saturated heterocycles. The minimum atomic E-state index is -3.07. The van der Waals surface area contributed by atoms with Crippen LogP contribution in [0.5, 0.6) is 0 Å². The second-order valence-electron chi connectivity index (χ2n) is 23.0. The first-order valence-electron chi connectivity index (χ1n) is 29.3. The molecule has 10 aromatic rings. The Morgan fingerprint density at radius 3 is 0.785 bits per heavy atom. The van der Waals surface area contributed by atoms with Crippen molar-refractivity contribution in [2.45, 2.75) is 121 Å². The normalized spacial score (nSPS) is 22.0. The lowest BCUT2D eigenvalue weighted by Gasteiger charge is -2.48. The van der Waals surface area contributed by atoms with Crippen molar-refractivity contribution in [1.82, 2.24) is 0 Å². The second-order valence-corrected chi connectivity index (χ2v) is 39.8. The Labute approximate surface area is 475 Å². The highest BCUT2D eigenvalue weighted by atomic mass is 28.5. The predicted octanol–water partition coefficient (Wildman–Crippen LogP) is 18.5. The van der Waals surface area contributed by atoms with Crippen molar-refractivity contribution < 1.29 is 20.6 Å². The molecule has 0 bridgehead atoms. The van der Waals surface area contributed by atoms with Gasteiger partial charge in [0.15, 0.2) is 0 Å². The van der Waals surface area contributed by atoms with E-state index in [4.69, 9.17) is 20.6 Å². The smallest absolute Gasteiger partial charge is 0.317 e. The van der Waals surface area contributed by atoms with E-state index in [2.05, 4.69) is 239 Å². The van der Waals surface area contributed by atoms with E-state index in [0.717, 1.165) is 94.4 Å². The van der Waals surface area contributed by atoms with Crippen LogP contribution in [0.2, 0.25) is 56.4 Å². The highest BCUT2D eigenvalue weighted by Crippen LogP contribution is 2.39. The lowest BCUT2D eigenvalue weighted by Crippen LogP contribution is -2.64. The standard InChI is InChI=1S/C69H78O5Si5/c1-76(51-21-41-61-36-16-31-56-26-6-11-46-66(56)61)70-75(50-20-40-60-35-15-30-55-25-5-10-45-65(55)60)71-77(2,52-22-42-62-37-17-32-57-27-7-12-47-67(57)62)73-79(4,54-24-44-64-39-19-34-59-29-9-14-49-69(59)64)74-78(3,72-76)53-23-43-63-38-18-33-58-28-8-13-48-68(58)63/h5-19,25-39,45-49,75H,20-24,40-44,50-54H2,1-4H3. The summed E-state index contributed by atoms with van der Waals surface area (Å²) in [5.74, 6) is 0. The van der Waals surface area contributed by atoms with Crippen molar-refractivity contribution >= 4 is 97.4 Å². The summed E-state index contributed by atoms with van der Waals surface area (Å²) in [5, 5.41) is 13.1. The second kappa shape index (κ2) is 25.0. The van der Waals surface area contributed by atoms with Crippen LogP contribution < -0.4 is 0 Å². The van der Waals surface area contributed by atoms with Crippen LogP contribution in [0, 0.1) is 0 Å². The molecule has 0 aromatic heterocycles. The van der Waals surface area contributed by atoms with Crippen molar-refractivity contribution in [3.05, 3.63) is 240 Å². The van der Waals surface area contributed by atoms with Gasteiger partial charge in [0.05, 0.1) is 0 Å². The van der Waals surface area contributed by atoms with Crippen LogP contribution in [0.1, 0.15) is 59.9 Å². The summed E-state index contributed by atoms with van der Waals surface area (Å²) >= 11 is 0. The molecule has 0 saturated carbocycles. The van der Waals surface area contributed by atoms with E-state index in [1.165, 1.54) is 81.7 Å². The summed E-state index contributed by atoms with van der Waals surface area (Å²) in [6, 6.07) is 82.2. The fourth-order valence-corrected chi connectivity index (χ4v) is 39.5. The first-order valence-corrected chi connectivity index (χ1v) is 41.2. The predicted molar refractivity (Wildman–Crippen MR) is 344 cm³/mol. The van der Waals surface area contributed by atoms with Crippen LogP contribution in [-0.4, -0.2) is 43.5 Å². The average molecular weight is 1130 g/mol. The minimum Gasteiger partial charge on any atom is -0.418 e. The molecule has 1 aliphatic heterocycles. The fourth-order valence-electron chi connectivity index (χ4n) is 13.0. The molecule has 1 fully saturated rings. The van der Waals surface area contributed by atoms with Crippen LogP contribution in [0.25, 0.3) is 53.9 Å². The first-order chi connectivity index (χ1) is 38.5. The Morgan fingerprint density at radius 1 is 0.266 bits per heavy atom.